The molecule has 0 unspecified atom stereocenters. The zero-order chi connectivity index (χ0) is 18.2. The summed E-state index contributed by atoms with van der Waals surface area (Å²) in [5, 5.41) is 6.45. The highest BCUT2D eigenvalue weighted by molar-refractivity contribution is 5.79. The Hall–Kier alpha value is -2.91. The minimum Gasteiger partial charge on any atom is -0.344 e. The Kier molecular flexibility index (Phi) is 6.18. The van der Waals surface area contributed by atoms with E-state index >= 15 is 0 Å². The molecule has 2 N–H and O–H groups in total. The van der Waals surface area contributed by atoms with E-state index in [1.165, 1.54) is 5.56 Å². The van der Waals surface area contributed by atoms with E-state index in [4.69, 9.17) is 0 Å². The van der Waals surface area contributed by atoms with Crippen molar-refractivity contribution >= 4 is 5.91 Å². The minimum atomic E-state index is -0.154. The van der Waals surface area contributed by atoms with E-state index < -0.39 is 0 Å². The smallest absolute Gasteiger partial charge is 0.234 e. The van der Waals surface area contributed by atoms with Gasteiger partial charge in [-0.3, -0.25) is 4.79 Å². The van der Waals surface area contributed by atoms with Crippen molar-refractivity contribution in [2.45, 2.75) is 19.0 Å². The van der Waals surface area contributed by atoms with E-state index in [0.717, 1.165) is 11.1 Å². The van der Waals surface area contributed by atoms with E-state index in [2.05, 4.69) is 29.7 Å². The molecule has 3 rings (SSSR count). The molecule has 0 aliphatic heterocycles. The van der Waals surface area contributed by atoms with E-state index in [-0.39, 0.29) is 24.5 Å². The van der Waals surface area contributed by atoms with Gasteiger partial charge < -0.3 is 10.6 Å². The van der Waals surface area contributed by atoms with Gasteiger partial charge in [0.05, 0.1) is 12.6 Å². The molecule has 3 aromatic carbocycles. The number of carbonyl (C=O) groups is 1. The molecule has 132 valence electrons. The number of benzene rings is 3. The molecule has 0 aliphatic rings. The summed E-state index contributed by atoms with van der Waals surface area (Å²) in [5.74, 6) is -0.0227. The van der Waals surface area contributed by atoms with Crippen molar-refractivity contribution in [3.63, 3.8) is 0 Å². The molecule has 0 fully saturated rings. The molecule has 1 amide bonds. The second-order valence-electron chi connectivity index (χ2n) is 6.34. The largest absolute Gasteiger partial charge is 0.344 e. The molecule has 3 aromatic rings. The average Bonchev–Trinajstić information content (AvgIpc) is 2.72. The van der Waals surface area contributed by atoms with Crippen molar-refractivity contribution in [3.8, 4) is 0 Å². The molecule has 0 saturated carbocycles. The van der Waals surface area contributed by atoms with E-state index in [0.29, 0.717) is 0 Å². The second kappa shape index (κ2) is 8.97. The van der Waals surface area contributed by atoms with Gasteiger partial charge in [-0.15, -0.1) is 0 Å². The van der Waals surface area contributed by atoms with Gasteiger partial charge in [-0.2, -0.15) is 0 Å². The molecule has 0 spiro atoms. The third-order valence-corrected chi connectivity index (χ3v) is 4.44. The van der Waals surface area contributed by atoms with Crippen molar-refractivity contribution < 1.29 is 4.79 Å². The van der Waals surface area contributed by atoms with Crippen molar-refractivity contribution in [2.75, 3.05) is 6.54 Å². The fourth-order valence-electron chi connectivity index (χ4n) is 2.97. The van der Waals surface area contributed by atoms with Crippen LogP contribution in [-0.2, 0) is 4.79 Å². The van der Waals surface area contributed by atoms with Crippen molar-refractivity contribution in [1.29, 1.82) is 0 Å². The van der Waals surface area contributed by atoms with Gasteiger partial charge in [0, 0.05) is 6.04 Å². The Labute approximate surface area is 155 Å². The Bertz CT molecular complexity index is 764. The second-order valence-corrected chi connectivity index (χ2v) is 6.34. The summed E-state index contributed by atoms with van der Waals surface area (Å²) in [5.41, 5.74) is 3.31. The Balaban J connectivity index is 1.66. The van der Waals surface area contributed by atoms with Gasteiger partial charge in [0.2, 0.25) is 5.91 Å². The summed E-state index contributed by atoms with van der Waals surface area (Å²) in [4.78, 5) is 12.6. The van der Waals surface area contributed by atoms with Crippen LogP contribution in [0.2, 0.25) is 0 Å². The highest BCUT2D eigenvalue weighted by Crippen LogP contribution is 2.21. The highest BCUT2D eigenvalue weighted by atomic mass is 16.2. The summed E-state index contributed by atoms with van der Waals surface area (Å²) in [7, 11) is 0. The Morgan fingerprint density at radius 1 is 0.731 bits per heavy atom. The van der Waals surface area contributed by atoms with Crippen LogP contribution in [0.3, 0.4) is 0 Å². The quantitative estimate of drug-likeness (QED) is 0.673. The van der Waals surface area contributed by atoms with Gasteiger partial charge in [0.1, 0.15) is 0 Å². The summed E-state index contributed by atoms with van der Waals surface area (Å²) >= 11 is 0. The lowest BCUT2D eigenvalue weighted by Gasteiger charge is -2.21. The monoisotopic (exact) mass is 344 g/mol. The topological polar surface area (TPSA) is 41.1 Å². The third-order valence-electron chi connectivity index (χ3n) is 4.44. The van der Waals surface area contributed by atoms with Gasteiger partial charge in [-0.25, -0.2) is 0 Å². The Morgan fingerprint density at radius 3 is 1.62 bits per heavy atom. The summed E-state index contributed by atoms with van der Waals surface area (Å²) in [6.07, 6.45) is 0. The van der Waals surface area contributed by atoms with Gasteiger partial charge in [-0.1, -0.05) is 91.0 Å². The predicted octanol–water partition coefficient (Wildman–Crippen LogP) is 4.24. The van der Waals surface area contributed by atoms with Crippen LogP contribution in [0.15, 0.2) is 91.0 Å². The maximum atomic E-state index is 12.6. The first-order valence-corrected chi connectivity index (χ1v) is 8.91. The normalized spacial score (nSPS) is 11.9. The number of amides is 1. The SMILES string of the molecule is C[C@H](NCC(=O)NC(c1ccccc1)c1ccccc1)c1ccccc1. The van der Waals surface area contributed by atoms with Crippen LogP contribution in [-0.4, -0.2) is 12.5 Å². The van der Waals surface area contributed by atoms with Crippen LogP contribution in [0.5, 0.6) is 0 Å². The van der Waals surface area contributed by atoms with Crippen LogP contribution in [0.25, 0.3) is 0 Å². The number of carbonyl (C=O) groups excluding carboxylic acids is 1. The maximum Gasteiger partial charge on any atom is 0.234 e. The highest BCUT2D eigenvalue weighted by Gasteiger charge is 2.17. The van der Waals surface area contributed by atoms with E-state index in [1.807, 2.05) is 78.9 Å². The number of hydrogen-bond acceptors (Lipinski definition) is 2. The van der Waals surface area contributed by atoms with Crippen molar-refractivity contribution in [1.82, 2.24) is 10.6 Å². The molecule has 3 nitrogen and oxygen atoms in total. The first-order chi connectivity index (χ1) is 12.7. The molecular formula is C23H24N2O. The fourth-order valence-corrected chi connectivity index (χ4v) is 2.97. The maximum absolute atomic E-state index is 12.6. The van der Waals surface area contributed by atoms with Crippen LogP contribution in [0.1, 0.15) is 35.7 Å². The van der Waals surface area contributed by atoms with E-state index in [1.54, 1.807) is 0 Å². The lowest BCUT2D eigenvalue weighted by molar-refractivity contribution is -0.120. The predicted molar refractivity (Wildman–Crippen MR) is 106 cm³/mol. The minimum absolute atomic E-state index is 0.0227. The molecule has 3 heteroatoms. The first-order valence-electron chi connectivity index (χ1n) is 8.91. The van der Waals surface area contributed by atoms with Crippen LogP contribution >= 0.6 is 0 Å². The number of rotatable bonds is 7. The molecule has 0 heterocycles. The zero-order valence-corrected chi connectivity index (χ0v) is 14.9. The van der Waals surface area contributed by atoms with Crippen LogP contribution in [0.4, 0.5) is 0 Å². The molecule has 26 heavy (non-hydrogen) atoms. The first kappa shape index (κ1) is 17.9. The van der Waals surface area contributed by atoms with Gasteiger partial charge in [-0.05, 0) is 23.6 Å². The molecule has 0 radical (unpaired) electrons. The van der Waals surface area contributed by atoms with E-state index in [9.17, 15) is 4.79 Å². The lowest BCUT2D eigenvalue weighted by Crippen LogP contribution is -2.37. The van der Waals surface area contributed by atoms with Crippen LogP contribution in [0, 0.1) is 0 Å². The molecule has 0 saturated heterocycles. The lowest BCUT2D eigenvalue weighted by atomic mass is 9.99. The average molecular weight is 344 g/mol. The third kappa shape index (κ3) is 4.80. The summed E-state index contributed by atoms with van der Waals surface area (Å²) in [6.45, 7) is 2.33. The number of hydrogen-bond donors (Lipinski definition) is 2. The Morgan fingerprint density at radius 2 is 1.15 bits per heavy atom. The number of nitrogens with one attached hydrogen (secondary N) is 2. The van der Waals surface area contributed by atoms with Crippen LogP contribution < -0.4 is 10.6 Å². The summed E-state index contributed by atoms with van der Waals surface area (Å²) < 4.78 is 0. The van der Waals surface area contributed by atoms with Gasteiger partial charge in [0.25, 0.3) is 0 Å². The van der Waals surface area contributed by atoms with Crippen molar-refractivity contribution in [2.24, 2.45) is 0 Å². The standard InChI is InChI=1S/C23H24N2O/c1-18(19-11-5-2-6-12-19)24-17-22(26)25-23(20-13-7-3-8-14-20)21-15-9-4-10-16-21/h2-16,18,23-24H,17H2,1H3,(H,25,26)/t18-/m0/s1. The molecule has 0 bridgehead atoms. The fraction of sp³-hybridized carbons (Fsp3) is 0.174. The zero-order valence-electron chi connectivity index (χ0n) is 14.9. The van der Waals surface area contributed by atoms with Gasteiger partial charge in [0.15, 0.2) is 0 Å². The molecule has 1 atom stereocenters. The van der Waals surface area contributed by atoms with Gasteiger partial charge >= 0.3 is 0 Å². The molecule has 0 aromatic heterocycles. The van der Waals surface area contributed by atoms with Crippen molar-refractivity contribution in [3.05, 3.63) is 108 Å². The molecular weight excluding hydrogens is 320 g/mol. The summed E-state index contributed by atoms with van der Waals surface area (Å²) in [6, 6.07) is 30.2. The molecule has 0 aliphatic carbocycles.